The SMILES string of the molecule is Cc1nc2ccc(C3CC3)nc2n2c(-c3cc(C4(O)CCOCC4O)ccc3F)nnc12.Cc1nc2ccc(C3CC3)nc2n2c(-c3cc(C4=CCOCC4)ccc3F)nnc12. The van der Waals surface area contributed by atoms with Crippen LogP contribution >= 0.6 is 0 Å². The lowest BCUT2D eigenvalue weighted by Crippen LogP contribution is -2.47. The molecular weight excluding hydrogens is 795 g/mol. The fourth-order valence-electron chi connectivity index (χ4n) is 8.59. The molecule has 8 aromatic rings. The lowest BCUT2D eigenvalue weighted by atomic mass is 9.83. The molecule has 1 saturated heterocycles. The van der Waals surface area contributed by atoms with Crippen LogP contribution in [0.4, 0.5) is 8.78 Å². The fraction of sp³-hybridized carbons (Fsp3) is 0.348. The smallest absolute Gasteiger partial charge is 0.184 e. The zero-order valence-corrected chi connectivity index (χ0v) is 34.1. The third kappa shape index (κ3) is 6.68. The second-order valence-electron chi connectivity index (χ2n) is 16.7. The van der Waals surface area contributed by atoms with Crippen LogP contribution < -0.4 is 0 Å². The Bertz CT molecular complexity index is 3120. The first kappa shape index (κ1) is 38.7. The summed E-state index contributed by atoms with van der Waals surface area (Å²) in [5, 5.41) is 38.8. The molecule has 2 N–H and O–H groups in total. The van der Waals surface area contributed by atoms with Crippen LogP contribution in [0, 0.1) is 25.5 Å². The van der Waals surface area contributed by atoms with Gasteiger partial charge in [-0.25, -0.2) is 28.7 Å². The Morgan fingerprint density at radius 2 is 1.24 bits per heavy atom. The number of rotatable bonds is 6. The zero-order chi connectivity index (χ0) is 42.3. The van der Waals surface area contributed by atoms with Gasteiger partial charge in [-0.3, -0.25) is 8.80 Å². The Morgan fingerprint density at radius 3 is 1.79 bits per heavy atom. The standard InChI is InChI=1S/C23H22FN5O3.C23H20FN5O/c1-12-20-27-28-21(29(20)22-18(25-12)7-6-17(26-22)13-2-3-13)15-10-14(4-5-16(15)24)23(31)8-9-32-11-19(23)30;1-13-21-27-28-22(17-12-16(4-5-18(17)24)14-8-10-30-11-9-14)29(21)23-20(25-13)7-6-19(26-23)15-2-3-15/h4-7,10,13,19,30-31H,2-3,8-9,11H2,1H3;4-8,12,15H,2-3,9-11H2,1H3. The minimum Gasteiger partial charge on any atom is -0.387 e. The van der Waals surface area contributed by atoms with E-state index in [4.69, 9.17) is 19.4 Å². The molecule has 0 bridgehead atoms. The number of hydrogen-bond donors (Lipinski definition) is 2. The van der Waals surface area contributed by atoms with Crippen LogP contribution in [0.15, 0.2) is 66.7 Å². The molecule has 2 aliphatic heterocycles. The summed E-state index contributed by atoms with van der Waals surface area (Å²) in [5.41, 5.74) is 8.83. The van der Waals surface area contributed by atoms with Crippen molar-refractivity contribution in [2.75, 3.05) is 26.4 Å². The van der Waals surface area contributed by atoms with E-state index in [0.717, 1.165) is 65.8 Å². The topological polar surface area (TPSA) is 171 Å². The first-order valence-electron chi connectivity index (χ1n) is 21.0. The number of aliphatic hydroxyl groups is 2. The number of ether oxygens (including phenoxy) is 2. The van der Waals surface area contributed by atoms with Crippen molar-refractivity contribution in [3.05, 3.63) is 112 Å². The molecule has 0 amide bonds. The number of fused-ring (bicyclic) bond motifs is 6. The van der Waals surface area contributed by atoms with Crippen LogP contribution in [-0.2, 0) is 15.1 Å². The molecule has 12 rings (SSSR count). The van der Waals surface area contributed by atoms with Gasteiger partial charge in [0.2, 0.25) is 0 Å². The van der Waals surface area contributed by atoms with Crippen molar-refractivity contribution in [2.24, 2.45) is 0 Å². The van der Waals surface area contributed by atoms with Crippen molar-refractivity contribution in [1.29, 1.82) is 0 Å². The summed E-state index contributed by atoms with van der Waals surface area (Å²) < 4.78 is 44.3. The van der Waals surface area contributed by atoms with Crippen molar-refractivity contribution in [2.45, 2.75) is 75.9 Å². The fourth-order valence-corrected chi connectivity index (χ4v) is 8.59. The lowest BCUT2D eigenvalue weighted by molar-refractivity contribution is -0.158. The van der Waals surface area contributed by atoms with Crippen molar-refractivity contribution in [3.8, 4) is 22.8 Å². The molecule has 2 saturated carbocycles. The molecule has 2 aromatic carbocycles. The molecule has 62 heavy (non-hydrogen) atoms. The van der Waals surface area contributed by atoms with E-state index < -0.39 is 17.5 Å². The largest absolute Gasteiger partial charge is 0.387 e. The second kappa shape index (κ2) is 15.0. The maximum Gasteiger partial charge on any atom is 0.184 e. The van der Waals surface area contributed by atoms with Crippen LogP contribution in [-0.4, -0.2) is 91.9 Å². The minimum absolute atomic E-state index is 0.0143. The van der Waals surface area contributed by atoms with Gasteiger partial charge >= 0.3 is 0 Å². The van der Waals surface area contributed by atoms with E-state index in [0.29, 0.717) is 82.4 Å². The third-order valence-electron chi connectivity index (χ3n) is 12.4. The van der Waals surface area contributed by atoms with Crippen LogP contribution in [0.3, 0.4) is 0 Å². The highest BCUT2D eigenvalue weighted by Gasteiger charge is 2.41. The molecule has 8 heterocycles. The number of aryl methyl sites for hydroxylation is 2. The van der Waals surface area contributed by atoms with Crippen LogP contribution in [0.1, 0.15) is 84.3 Å². The van der Waals surface area contributed by atoms with Gasteiger partial charge < -0.3 is 19.7 Å². The highest BCUT2D eigenvalue weighted by atomic mass is 19.1. The molecule has 3 fully saturated rings. The molecule has 0 radical (unpaired) electrons. The lowest BCUT2D eigenvalue weighted by Gasteiger charge is -2.37. The summed E-state index contributed by atoms with van der Waals surface area (Å²) >= 11 is 0. The molecule has 6 aromatic heterocycles. The maximum atomic E-state index is 15.1. The van der Waals surface area contributed by atoms with E-state index in [9.17, 15) is 14.6 Å². The van der Waals surface area contributed by atoms with E-state index in [1.165, 1.54) is 24.3 Å². The summed E-state index contributed by atoms with van der Waals surface area (Å²) in [4.78, 5) is 18.9. The molecule has 2 atom stereocenters. The molecule has 14 nitrogen and oxygen atoms in total. The highest BCUT2D eigenvalue weighted by molar-refractivity contribution is 5.80. The number of pyridine rings is 2. The van der Waals surface area contributed by atoms with Gasteiger partial charge in [0, 0.05) is 36.3 Å². The van der Waals surface area contributed by atoms with Crippen LogP contribution in [0.5, 0.6) is 0 Å². The van der Waals surface area contributed by atoms with Crippen molar-refractivity contribution in [3.63, 3.8) is 0 Å². The summed E-state index contributed by atoms with van der Waals surface area (Å²) in [5.74, 6) is 0.843. The first-order valence-corrected chi connectivity index (χ1v) is 21.0. The third-order valence-corrected chi connectivity index (χ3v) is 12.4. The molecule has 16 heteroatoms. The first-order chi connectivity index (χ1) is 30.1. The molecule has 0 spiro atoms. The van der Waals surface area contributed by atoms with Gasteiger partial charge in [0.1, 0.15) is 34.4 Å². The number of aromatic nitrogens is 10. The Balaban J connectivity index is 0.000000140. The summed E-state index contributed by atoms with van der Waals surface area (Å²) in [6.07, 6.45) is 6.49. The normalized spacial score (nSPS) is 20.5. The number of nitrogens with zero attached hydrogens (tertiary/aromatic N) is 10. The number of aliphatic hydroxyl groups excluding tert-OH is 1. The van der Waals surface area contributed by atoms with Gasteiger partial charge in [-0.2, -0.15) is 0 Å². The summed E-state index contributed by atoms with van der Waals surface area (Å²) in [7, 11) is 0. The summed E-state index contributed by atoms with van der Waals surface area (Å²) in [6.45, 7) is 5.30. The van der Waals surface area contributed by atoms with Gasteiger partial charge in [-0.1, -0.05) is 18.2 Å². The van der Waals surface area contributed by atoms with E-state index in [2.05, 4.69) is 36.4 Å². The van der Waals surface area contributed by atoms with E-state index in [-0.39, 0.29) is 30.2 Å². The van der Waals surface area contributed by atoms with Gasteiger partial charge in [0.15, 0.2) is 34.2 Å². The molecule has 2 aliphatic carbocycles. The van der Waals surface area contributed by atoms with Gasteiger partial charge in [0.25, 0.3) is 0 Å². The van der Waals surface area contributed by atoms with Crippen molar-refractivity contribution in [1.82, 2.24) is 49.1 Å². The van der Waals surface area contributed by atoms with Crippen LogP contribution in [0.25, 0.3) is 62.0 Å². The Morgan fingerprint density at radius 1 is 0.661 bits per heavy atom. The summed E-state index contributed by atoms with van der Waals surface area (Å²) in [6, 6.07) is 17.4. The Hall–Kier alpha value is -6.20. The predicted octanol–water partition coefficient (Wildman–Crippen LogP) is 7.10. The Kier molecular flexibility index (Phi) is 9.37. The monoisotopic (exact) mass is 836 g/mol. The van der Waals surface area contributed by atoms with Crippen molar-refractivity contribution < 1.29 is 28.5 Å². The van der Waals surface area contributed by atoms with E-state index >= 15 is 4.39 Å². The maximum absolute atomic E-state index is 15.1. The van der Waals surface area contributed by atoms with Gasteiger partial charge in [-0.05, 0) is 111 Å². The average Bonchev–Trinajstić information content (AvgIpc) is 4.23. The van der Waals surface area contributed by atoms with Gasteiger partial charge in [0.05, 0.1) is 42.3 Å². The molecule has 314 valence electrons. The quantitative estimate of drug-likeness (QED) is 0.174. The average molecular weight is 837 g/mol. The number of benzene rings is 2. The molecule has 4 aliphatic rings. The predicted molar refractivity (Wildman–Crippen MR) is 225 cm³/mol. The minimum atomic E-state index is -1.53. The van der Waals surface area contributed by atoms with Crippen molar-refractivity contribution >= 4 is 39.2 Å². The molecular formula is C46H42F2N10O4. The zero-order valence-electron chi connectivity index (χ0n) is 34.1. The van der Waals surface area contributed by atoms with E-state index in [1.807, 2.05) is 54.6 Å². The number of halogens is 2. The van der Waals surface area contributed by atoms with E-state index in [1.54, 1.807) is 4.40 Å². The van der Waals surface area contributed by atoms with Crippen LogP contribution in [0.2, 0.25) is 0 Å². The number of hydrogen-bond acceptors (Lipinski definition) is 12. The highest BCUT2D eigenvalue weighted by Crippen LogP contribution is 2.41. The molecule has 2 unspecified atom stereocenters. The second-order valence-corrected chi connectivity index (χ2v) is 16.7. The Labute approximate surface area is 353 Å². The van der Waals surface area contributed by atoms with Gasteiger partial charge in [-0.15, -0.1) is 20.4 Å².